The predicted octanol–water partition coefficient (Wildman–Crippen LogP) is 5.75. The number of nitrogens with one attached hydrogen (secondary N) is 1. The fourth-order valence-electron chi connectivity index (χ4n) is 3.67. The van der Waals surface area contributed by atoms with Gasteiger partial charge < -0.3 is 14.5 Å². The molecule has 4 aromatic rings. The molecule has 3 aromatic carbocycles. The number of aromatic nitrogens is 1. The number of H-pyrrole nitrogens is 1. The molecule has 4 rings (SSSR count). The van der Waals surface area contributed by atoms with Crippen LogP contribution in [0.5, 0.6) is 11.5 Å². The van der Waals surface area contributed by atoms with Crippen LogP contribution in [0, 0.1) is 6.92 Å². The van der Waals surface area contributed by atoms with Gasteiger partial charge in [-0.05, 0) is 47.4 Å². The van der Waals surface area contributed by atoms with E-state index in [1.165, 1.54) is 33.3 Å². The Morgan fingerprint density at radius 3 is 2.22 bits per heavy atom. The van der Waals surface area contributed by atoms with Gasteiger partial charge in [-0.25, -0.2) is 0 Å². The Kier molecular flexibility index (Phi) is 4.59. The van der Waals surface area contributed by atoms with Gasteiger partial charge in [0.2, 0.25) is 0 Å². The molecule has 0 saturated carbocycles. The first kappa shape index (κ1) is 17.2. The zero-order valence-electron chi connectivity index (χ0n) is 15.9. The highest BCUT2D eigenvalue weighted by atomic mass is 16.5. The number of hydrogen-bond donors (Lipinski definition) is 1. The molecule has 0 saturated heterocycles. The van der Waals surface area contributed by atoms with Gasteiger partial charge in [0.25, 0.3) is 0 Å². The molecule has 3 nitrogen and oxygen atoms in total. The molecule has 1 aromatic heterocycles. The number of para-hydroxylation sites is 1. The molecule has 1 N–H and O–H groups in total. The van der Waals surface area contributed by atoms with Crippen LogP contribution < -0.4 is 9.47 Å². The van der Waals surface area contributed by atoms with Crippen molar-refractivity contribution in [3.63, 3.8) is 0 Å². The third-order valence-corrected chi connectivity index (χ3v) is 5.07. The van der Waals surface area contributed by atoms with Crippen LogP contribution in [0.4, 0.5) is 0 Å². The minimum Gasteiger partial charge on any atom is -0.497 e. The molecule has 0 fully saturated rings. The second-order valence-corrected chi connectivity index (χ2v) is 6.71. The molecule has 0 unspecified atom stereocenters. The zero-order valence-corrected chi connectivity index (χ0v) is 15.9. The molecule has 0 bridgehead atoms. The van der Waals surface area contributed by atoms with Crippen LogP contribution in [0.15, 0.2) is 66.7 Å². The largest absolute Gasteiger partial charge is 0.497 e. The molecule has 0 aliphatic heterocycles. The van der Waals surface area contributed by atoms with Crippen LogP contribution in [0.2, 0.25) is 0 Å². The standard InChI is InChI=1S/C24H23NO2/c1-16-23(22-10-6-7-11-24(22)25-16)14-17-8-4-5-9-21(17)18-12-19(26-2)15-20(13-18)27-3/h4-13,15,25H,14H2,1-3H3. The fraction of sp³-hybridized carbons (Fsp3) is 0.167. The van der Waals surface area contributed by atoms with E-state index in [1.54, 1.807) is 14.2 Å². The first-order valence-electron chi connectivity index (χ1n) is 9.07. The van der Waals surface area contributed by atoms with E-state index < -0.39 is 0 Å². The van der Waals surface area contributed by atoms with Gasteiger partial charge in [-0.2, -0.15) is 0 Å². The van der Waals surface area contributed by atoms with Crippen molar-refractivity contribution < 1.29 is 9.47 Å². The van der Waals surface area contributed by atoms with E-state index in [4.69, 9.17) is 9.47 Å². The number of hydrogen-bond acceptors (Lipinski definition) is 2. The number of aryl methyl sites for hydroxylation is 1. The first-order chi connectivity index (χ1) is 13.2. The summed E-state index contributed by atoms with van der Waals surface area (Å²) < 4.78 is 10.9. The van der Waals surface area contributed by atoms with Gasteiger partial charge in [0, 0.05) is 29.1 Å². The lowest BCUT2D eigenvalue weighted by atomic mass is 9.93. The summed E-state index contributed by atoms with van der Waals surface area (Å²) >= 11 is 0. The predicted molar refractivity (Wildman–Crippen MR) is 111 cm³/mol. The van der Waals surface area contributed by atoms with Crippen molar-refractivity contribution in [1.82, 2.24) is 4.98 Å². The van der Waals surface area contributed by atoms with Crippen molar-refractivity contribution >= 4 is 10.9 Å². The van der Waals surface area contributed by atoms with Crippen LogP contribution in [0.25, 0.3) is 22.0 Å². The molecule has 0 aliphatic carbocycles. The normalized spacial score (nSPS) is 10.9. The van der Waals surface area contributed by atoms with Gasteiger partial charge in [-0.1, -0.05) is 42.5 Å². The third-order valence-electron chi connectivity index (χ3n) is 5.07. The Morgan fingerprint density at radius 1 is 0.815 bits per heavy atom. The molecule has 136 valence electrons. The number of methoxy groups -OCH3 is 2. The van der Waals surface area contributed by atoms with Gasteiger partial charge in [0.1, 0.15) is 11.5 Å². The van der Waals surface area contributed by atoms with Crippen molar-refractivity contribution in [3.8, 4) is 22.6 Å². The molecular formula is C24H23NO2. The summed E-state index contributed by atoms with van der Waals surface area (Å²) in [5, 5.41) is 1.29. The highest BCUT2D eigenvalue weighted by molar-refractivity contribution is 5.85. The van der Waals surface area contributed by atoms with Crippen LogP contribution in [-0.4, -0.2) is 19.2 Å². The topological polar surface area (TPSA) is 34.2 Å². The second kappa shape index (κ2) is 7.20. The molecule has 0 spiro atoms. The molecule has 27 heavy (non-hydrogen) atoms. The van der Waals surface area contributed by atoms with E-state index in [-0.39, 0.29) is 0 Å². The minimum atomic E-state index is 0.794. The van der Waals surface area contributed by atoms with Gasteiger partial charge in [-0.15, -0.1) is 0 Å². The molecule has 0 amide bonds. The lowest BCUT2D eigenvalue weighted by Crippen LogP contribution is -1.95. The van der Waals surface area contributed by atoms with Crippen LogP contribution in [-0.2, 0) is 6.42 Å². The second-order valence-electron chi connectivity index (χ2n) is 6.71. The highest BCUT2D eigenvalue weighted by Gasteiger charge is 2.13. The van der Waals surface area contributed by atoms with E-state index in [0.717, 1.165) is 23.5 Å². The molecule has 0 aliphatic rings. The fourth-order valence-corrected chi connectivity index (χ4v) is 3.67. The third kappa shape index (κ3) is 3.28. The van der Waals surface area contributed by atoms with Crippen molar-refractivity contribution in [1.29, 1.82) is 0 Å². The summed E-state index contributed by atoms with van der Waals surface area (Å²) in [7, 11) is 3.36. The summed E-state index contributed by atoms with van der Waals surface area (Å²) in [5.41, 5.74) is 7.31. The maximum atomic E-state index is 5.46. The Morgan fingerprint density at radius 2 is 1.48 bits per heavy atom. The van der Waals surface area contributed by atoms with E-state index in [0.29, 0.717) is 0 Å². The number of rotatable bonds is 5. The number of aromatic amines is 1. The van der Waals surface area contributed by atoms with Crippen molar-refractivity contribution in [2.75, 3.05) is 14.2 Å². The summed E-state index contributed by atoms with van der Waals surface area (Å²) in [6.45, 7) is 2.15. The Balaban J connectivity index is 1.81. The van der Waals surface area contributed by atoms with Gasteiger partial charge in [-0.3, -0.25) is 0 Å². The molecular weight excluding hydrogens is 334 g/mol. The number of benzene rings is 3. The highest BCUT2D eigenvalue weighted by Crippen LogP contribution is 2.34. The van der Waals surface area contributed by atoms with E-state index in [1.807, 2.05) is 6.07 Å². The molecule has 0 radical (unpaired) electrons. The van der Waals surface area contributed by atoms with E-state index in [9.17, 15) is 0 Å². The van der Waals surface area contributed by atoms with Crippen LogP contribution in [0.3, 0.4) is 0 Å². The number of ether oxygens (including phenoxy) is 2. The average molecular weight is 357 g/mol. The zero-order chi connectivity index (χ0) is 18.8. The van der Waals surface area contributed by atoms with Gasteiger partial charge >= 0.3 is 0 Å². The van der Waals surface area contributed by atoms with Gasteiger partial charge in [0.15, 0.2) is 0 Å². The molecule has 3 heteroatoms. The van der Waals surface area contributed by atoms with Crippen molar-refractivity contribution in [3.05, 3.63) is 83.6 Å². The Labute approximate surface area is 159 Å². The van der Waals surface area contributed by atoms with Crippen molar-refractivity contribution in [2.24, 2.45) is 0 Å². The monoisotopic (exact) mass is 357 g/mol. The minimum absolute atomic E-state index is 0.794. The SMILES string of the molecule is COc1cc(OC)cc(-c2ccccc2Cc2c(C)[nH]c3ccccc23)c1. The van der Waals surface area contributed by atoms with Crippen LogP contribution in [0.1, 0.15) is 16.8 Å². The first-order valence-corrected chi connectivity index (χ1v) is 9.07. The average Bonchev–Trinajstić information content (AvgIpc) is 3.03. The summed E-state index contributed by atoms with van der Waals surface area (Å²) in [6.07, 6.45) is 0.867. The summed E-state index contributed by atoms with van der Waals surface area (Å²) in [6, 6.07) is 23.0. The smallest absolute Gasteiger partial charge is 0.123 e. The maximum Gasteiger partial charge on any atom is 0.123 e. The Hall–Kier alpha value is -3.20. The van der Waals surface area contributed by atoms with Crippen molar-refractivity contribution in [2.45, 2.75) is 13.3 Å². The Bertz CT molecular complexity index is 1070. The summed E-state index contributed by atoms with van der Waals surface area (Å²) in [5.74, 6) is 1.59. The van der Waals surface area contributed by atoms with Gasteiger partial charge in [0.05, 0.1) is 14.2 Å². The molecule has 1 heterocycles. The lowest BCUT2D eigenvalue weighted by molar-refractivity contribution is 0.394. The van der Waals surface area contributed by atoms with E-state index >= 15 is 0 Å². The van der Waals surface area contributed by atoms with E-state index in [2.05, 4.69) is 72.6 Å². The van der Waals surface area contributed by atoms with Crippen LogP contribution >= 0.6 is 0 Å². The lowest BCUT2D eigenvalue weighted by Gasteiger charge is -2.13. The maximum absolute atomic E-state index is 5.46. The summed E-state index contributed by atoms with van der Waals surface area (Å²) in [4.78, 5) is 3.50. The quantitative estimate of drug-likeness (QED) is 0.493. The number of fused-ring (bicyclic) bond motifs is 1. The molecule has 0 atom stereocenters.